The van der Waals surface area contributed by atoms with E-state index in [-0.39, 0.29) is 10.7 Å². The van der Waals surface area contributed by atoms with E-state index in [1.54, 1.807) is 13.8 Å². The maximum atomic E-state index is 13.0. The number of nitrogen functional groups attached to an aromatic ring is 1. The summed E-state index contributed by atoms with van der Waals surface area (Å²) in [5.41, 5.74) is 10.3. The minimum absolute atomic E-state index is 0.0722. The van der Waals surface area contributed by atoms with E-state index in [9.17, 15) is 9.18 Å². The highest BCUT2D eigenvalue weighted by atomic mass is 35.5. The Kier molecular flexibility index (Phi) is 3.28. The molecule has 6 heteroatoms. The molecule has 4 nitrogen and oxygen atoms in total. The first-order valence-corrected chi connectivity index (χ1v) is 4.94. The number of hydrogen-bond acceptors (Lipinski definition) is 3. The maximum absolute atomic E-state index is 13.0. The lowest BCUT2D eigenvalue weighted by atomic mass is 10.0. The van der Waals surface area contributed by atoms with Crippen molar-refractivity contribution in [3.63, 3.8) is 0 Å². The van der Waals surface area contributed by atoms with Gasteiger partial charge in [0.1, 0.15) is 11.4 Å². The number of rotatable bonds is 3. The lowest BCUT2D eigenvalue weighted by Crippen LogP contribution is -2.45. The van der Waals surface area contributed by atoms with Gasteiger partial charge in [-0.1, -0.05) is 11.6 Å². The molecule has 0 unspecified atom stereocenters. The number of amides is 1. The molecule has 0 atom stereocenters. The predicted octanol–water partition coefficient (Wildman–Crippen LogP) is 1.74. The van der Waals surface area contributed by atoms with E-state index in [2.05, 4.69) is 5.32 Å². The van der Waals surface area contributed by atoms with Crippen LogP contribution in [0.2, 0.25) is 5.02 Å². The highest BCUT2D eigenvalue weighted by Gasteiger charge is 2.25. The zero-order valence-corrected chi connectivity index (χ0v) is 9.73. The molecule has 0 saturated carbocycles. The Labute approximate surface area is 97.8 Å². The van der Waals surface area contributed by atoms with E-state index in [1.807, 2.05) is 0 Å². The molecule has 0 aromatic heterocycles. The summed E-state index contributed by atoms with van der Waals surface area (Å²) in [6.07, 6.45) is 0. The van der Waals surface area contributed by atoms with Crippen LogP contribution in [0.5, 0.6) is 0 Å². The van der Waals surface area contributed by atoms with Crippen LogP contribution in [-0.2, 0) is 4.79 Å². The van der Waals surface area contributed by atoms with Gasteiger partial charge >= 0.3 is 0 Å². The van der Waals surface area contributed by atoms with Crippen LogP contribution >= 0.6 is 11.6 Å². The van der Waals surface area contributed by atoms with Crippen molar-refractivity contribution >= 4 is 28.9 Å². The van der Waals surface area contributed by atoms with Crippen molar-refractivity contribution in [3.8, 4) is 0 Å². The number of primary amides is 1. The average molecular weight is 246 g/mol. The van der Waals surface area contributed by atoms with Crippen molar-refractivity contribution in [2.75, 3.05) is 11.1 Å². The Morgan fingerprint density at radius 3 is 2.56 bits per heavy atom. The number of benzene rings is 1. The zero-order chi connectivity index (χ0) is 12.5. The third-order valence-electron chi connectivity index (χ3n) is 2.16. The summed E-state index contributed by atoms with van der Waals surface area (Å²) >= 11 is 5.61. The van der Waals surface area contributed by atoms with Gasteiger partial charge in [-0.2, -0.15) is 0 Å². The molecule has 88 valence electrons. The molecule has 0 heterocycles. The van der Waals surface area contributed by atoms with Gasteiger partial charge in [0.25, 0.3) is 0 Å². The first-order chi connectivity index (χ1) is 7.24. The van der Waals surface area contributed by atoms with Crippen molar-refractivity contribution in [3.05, 3.63) is 23.0 Å². The maximum Gasteiger partial charge on any atom is 0.242 e. The van der Waals surface area contributed by atoms with Gasteiger partial charge in [0, 0.05) is 6.07 Å². The van der Waals surface area contributed by atoms with Crippen LogP contribution in [0.15, 0.2) is 12.1 Å². The first kappa shape index (κ1) is 12.6. The molecule has 0 aliphatic carbocycles. The van der Waals surface area contributed by atoms with E-state index in [0.29, 0.717) is 5.69 Å². The molecule has 0 bridgehead atoms. The number of nitrogens with one attached hydrogen (secondary N) is 1. The second-order valence-corrected chi connectivity index (χ2v) is 4.38. The van der Waals surface area contributed by atoms with E-state index in [0.717, 1.165) is 6.07 Å². The third kappa shape index (κ3) is 2.55. The Balaban J connectivity index is 3.07. The van der Waals surface area contributed by atoms with Gasteiger partial charge in [0.2, 0.25) is 5.91 Å². The van der Waals surface area contributed by atoms with Gasteiger partial charge in [-0.05, 0) is 19.9 Å². The topological polar surface area (TPSA) is 81.1 Å². The molecule has 0 spiro atoms. The molecule has 5 N–H and O–H groups in total. The largest absolute Gasteiger partial charge is 0.397 e. The lowest BCUT2D eigenvalue weighted by Gasteiger charge is -2.24. The molecule has 0 fully saturated rings. The molecule has 1 rings (SSSR count). The summed E-state index contributed by atoms with van der Waals surface area (Å²) in [6, 6.07) is 2.40. The van der Waals surface area contributed by atoms with Crippen LogP contribution in [-0.4, -0.2) is 11.4 Å². The summed E-state index contributed by atoms with van der Waals surface area (Å²) in [5.74, 6) is -1.16. The van der Waals surface area contributed by atoms with Crippen molar-refractivity contribution in [1.82, 2.24) is 0 Å². The van der Waals surface area contributed by atoms with Crippen molar-refractivity contribution < 1.29 is 9.18 Å². The molecule has 0 saturated heterocycles. The minimum Gasteiger partial charge on any atom is -0.397 e. The van der Waals surface area contributed by atoms with Crippen molar-refractivity contribution in [2.45, 2.75) is 19.4 Å². The molecule has 0 aliphatic heterocycles. The number of carbonyl (C=O) groups excluding carboxylic acids is 1. The molecule has 1 aromatic carbocycles. The van der Waals surface area contributed by atoms with E-state index in [4.69, 9.17) is 23.1 Å². The van der Waals surface area contributed by atoms with Crippen LogP contribution in [0.25, 0.3) is 0 Å². The highest BCUT2D eigenvalue weighted by molar-refractivity contribution is 6.31. The SMILES string of the molecule is CC(C)(Nc1cc(Cl)c(F)cc1N)C(N)=O. The van der Waals surface area contributed by atoms with E-state index in [1.165, 1.54) is 6.07 Å². The predicted molar refractivity (Wildman–Crippen MR) is 62.7 cm³/mol. The van der Waals surface area contributed by atoms with Crippen LogP contribution < -0.4 is 16.8 Å². The normalized spacial score (nSPS) is 11.2. The quantitative estimate of drug-likeness (QED) is 0.710. The summed E-state index contributed by atoms with van der Waals surface area (Å²) in [4.78, 5) is 11.1. The molecular weight excluding hydrogens is 233 g/mol. The second-order valence-electron chi connectivity index (χ2n) is 3.97. The average Bonchev–Trinajstić information content (AvgIpc) is 2.13. The van der Waals surface area contributed by atoms with Crippen LogP contribution in [0, 0.1) is 5.82 Å². The fourth-order valence-electron chi connectivity index (χ4n) is 1.07. The monoisotopic (exact) mass is 245 g/mol. The minimum atomic E-state index is -0.991. The van der Waals surface area contributed by atoms with Gasteiger partial charge in [-0.15, -0.1) is 0 Å². The van der Waals surface area contributed by atoms with E-state index >= 15 is 0 Å². The van der Waals surface area contributed by atoms with Crippen LogP contribution in [0.1, 0.15) is 13.8 Å². The summed E-state index contributed by atoms with van der Waals surface area (Å²) in [7, 11) is 0. The zero-order valence-electron chi connectivity index (χ0n) is 8.97. The third-order valence-corrected chi connectivity index (χ3v) is 2.45. The summed E-state index contributed by atoms with van der Waals surface area (Å²) in [6.45, 7) is 3.18. The Morgan fingerprint density at radius 1 is 1.50 bits per heavy atom. The van der Waals surface area contributed by atoms with Crippen LogP contribution in [0.4, 0.5) is 15.8 Å². The fourth-order valence-corrected chi connectivity index (χ4v) is 1.23. The molecular formula is C10H13ClFN3O. The summed E-state index contributed by atoms with van der Waals surface area (Å²) in [5, 5.41) is 2.73. The highest BCUT2D eigenvalue weighted by Crippen LogP contribution is 2.28. The Morgan fingerprint density at radius 2 is 2.06 bits per heavy atom. The Hall–Kier alpha value is -1.49. The molecule has 0 aliphatic rings. The second kappa shape index (κ2) is 4.17. The number of anilines is 2. The molecule has 1 amide bonds. The molecule has 0 radical (unpaired) electrons. The lowest BCUT2D eigenvalue weighted by molar-refractivity contribution is -0.121. The summed E-state index contributed by atoms with van der Waals surface area (Å²) < 4.78 is 13.0. The number of nitrogens with two attached hydrogens (primary N) is 2. The van der Waals surface area contributed by atoms with Crippen LogP contribution in [0.3, 0.4) is 0 Å². The van der Waals surface area contributed by atoms with E-state index < -0.39 is 17.3 Å². The molecule has 16 heavy (non-hydrogen) atoms. The van der Waals surface area contributed by atoms with Gasteiger partial charge in [0.15, 0.2) is 0 Å². The van der Waals surface area contributed by atoms with Crippen molar-refractivity contribution in [2.24, 2.45) is 5.73 Å². The van der Waals surface area contributed by atoms with Gasteiger partial charge in [-0.3, -0.25) is 4.79 Å². The smallest absolute Gasteiger partial charge is 0.242 e. The van der Waals surface area contributed by atoms with Gasteiger partial charge in [0.05, 0.1) is 16.4 Å². The fraction of sp³-hybridized carbons (Fsp3) is 0.300. The van der Waals surface area contributed by atoms with Crippen molar-refractivity contribution in [1.29, 1.82) is 0 Å². The van der Waals surface area contributed by atoms with Gasteiger partial charge in [-0.25, -0.2) is 4.39 Å². The number of carbonyl (C=O) groups is 1. The Bertz CT molecular complexity index is 434. The molecule has 1 aromatic rings. The number of halogens is 2. The number of hydrogen-bond donors (Lipinski definition) is 3. The standard InChI is InChI=1S/C10H13ClFN3O/c1-10(2,9(14)16)15-8-3-5(11)6(12)4-7(8)13/h3-4,15H,13H2,1-2H3,(H2,14,16). The first-order valence-electron chi connectivity index (χ1n) is 4.56. The van der Waals surface area contributed by atoms with Gasteiger partial charge < -0.3 is 16.8 Å².